The van der Waals surface area contributed by atoms with Gasteiger partial charge in [-0.3, -0.25) is 0 Å². The molecule has 19 heavy (non-hydrogen) atoms. The highest BCUT2D eigenvalue weighted by Crippen LogP contribution is 2.45. The number of nitrogens with one attached hydrogen (secondary N) is 1. The summed E-state index contributed by atoms with van der Waals surface area (Å²) in [5.41, 5.74) is 6.13. The molecule has 0 spiro atoms. The summed E-state index contributed by atoms with van der Waals surface area (Å²) >= 11 is 0. The molecular weight excluding hydrogens is 276 g/mol. The molecule has 0 aromatic carbocycles. The van der Waals surface area contributed by atoms with Crippen LogP contribution >= 0.6 is 0 Å². The molecule has 0 fully saturated rings. The number of halogens is 6. The third kappa shape index (κ3) is 2.85. The Balaban J connectivity index is 2.39. The molecule has 3 N–H and O–H groups in total. The summed E-state index contributed by atoms with van der Waals surface area (Å²) in [6, 6.07) is -0.268. The van der Waals surface area contributed by atoms with E-state index in [1.807, 2.05) is 0 Å². The van der Waals surface area contributed by atoms with Crippen LogP contribution in [0.5, 0.6) is 0 Å². The molecule has 1 aromatic heterocycles. The molecule has 1 unspecified atom stereocenters. The minimum Gasteiger partial charge on any atom is -0.345 e. The maximum atomic E-state index is 12.5. The first-order valence-corrected chi connectivity index (χ1v) is 5.55. The Kier molecular flexibility index (Phi) is 3.28. The third-order valence-corrected chi connectivity index (χ3v) is 3.03. The van der Waals surface area contributed by atoms with Gasteiger partial charge in [-0.1, -0.05) is 0 Å². The molecule has 1 heterocycles. The number of nitrogens with zero attached hydrogens (tertiary/aromatic N) is 1. The van der Waals surface area contributed by atoms with Gasteiger partial charge in [-0.15, -0.1) is 0 Å². The first kappa shape index (κ1) is 14.2. The summed E-state index contributed by atoms with van der Waals surface area (Å²) in [6.45, 7) is 0. The van der Waals surface area contributed by atoms with Crippen LogP contribution in [0.25, 0.3) is 0 Å². The zero-order chi connectivity index (χ0) is 14.4. The van der Waals surface area contributed by atoms with Crippen LogP contribution in [0.15, 0.2) is 0 Å². The molecule has 1 atom stereocenters. The lowest BCUT2D eigenvalue weighted by molar-refractivity contribution is -0.255. The zero-order valence-corrected chi connectivity index (χ0v) is 9.57. The quantitative estimate of drug-likeness (QED) is 0.779. The van der Waals surface area contributed by atoms with Gasteiger partial charge in [0.2, 0.25) is 5.92 Å². The number of hydrogen-bond donors (Lipinski definition) is 2. The van der Waals surface area contributed by atoms with E-state index in [-0.39, 0.29) is 30.3 Å². The Morgan fingerprint density at radius 2 is 1.74 bits per heavy atom. The fourth-order valence-electron chi connectivity index (χ4n) is 2.16. The second-order valence-corrected chi connectivity index (χ2v) is 4.57. The Bertz CT molecular complexity index is 447. The topological polar surface area (TPSA) is 54.7 Å². The largest absolute Gasteiger partial charge is 0.407 e. The van der Waals surface area contributed by atoms with Crippen molar-refractivity contribution in [3.05, 3.63) is 17.2 Å². The number of imidazole rings is 1. The summed E-state index contributed by atoms with van der Waals surface area (Å²) < 4.78 is 75.2. The first-order chi connectivity index (χ1) is 8.59. The van der Waals surface area contributed by atoms with Crippen LogP contribution in [0.4, 0.5) is 26.3 Å². The lowest BCUT2D eigenvalue weighted by atomic mass is 9.97. The number of aryl methyl sites for hydroxylation is 1. The Morgan fingerprint density at radius 1 is 1.16 bits per heavy atom. The fourth-order valence-corrected chi connectivity index (χ4v) is 2.16. The zero-order valence-electron chi connectivity index (χ0n) is 9.57. The maximum Gasteiger partial charge on any atom is 0.407 e. The van der Waals surface area contributed by atoms with Gasteiger partial charge in [0, 0.05) is 18.2 Å². The SMILES string of the molecule is NC1CCc2nc(C(C(F)(F)F)C(F)(F)F)[nH]c2C1. The van der Waals surface area contributed by atoms with Crippen LogP contribution in [-0.2, 0) is 12.8 Å². The van der Waals surface area contributed by atoms with E-state index < -0.39 is 24.1 Å². The lowest BCUT2D eigenvalue weighted by Gasteiger charge is -2.20. The van der Waals surface area contributed by atoms with Gasteiger partial charge in [0.25, 0.3) is 0 Å². The Hall–Kier alpha value is -1.25. The van der Waals surface area contributed by atoms with Crippen LogP contribution in [0.1, 0.15) is 29.6 Å². The molecule has 0 amide bonds. The van der Waals surface area contributed by atoms with Crippen molar-refractivity contribution in [1.29, 1.82) is 0 Å². The molecule has 0 bridgehead atoms. The Morgan fingerprint density at radius 3 is 2.26 bits per heavy atom. The normalized spacial score (nSPS) is 20.7. The average molecular weight is 287 g/mol. The monoisotopic (exact) mass is 287 g/mol. The van der Waals surface area contributed by atoms with Crippen molar-refractivity contribution in [2.45, 2.75) is 43.6 Å². The number of alkyl halides is 6. The molecule has 2 rings (SSSR count). The summed E-state index contributed by atoms with van der Waals surface area (Å²) in [4.78, 5) is 5.61. The predicted molar refractivity (Wildman–Crippen MR) is 53.4 cm³/mol. The van der Waals surface area contributed by atoms with E-state index >= 15 is 0 Å². The minimum atomic E-state index is -5.43. The highest BCUT2D eigenvalue weighted by molar-refractivity contribution is 5.22. The molecule has 0 aliphatic heterocycles. The van der Waals surface area contributed by atoms with E-state index in [9.17, 15) is 26.3 Å². The van der Waals surface area contributed by atoms with E-state index in [0.717, 1.165) is 0 Å². The molecule has 3 nitrogen and oxygen atoms in total. The van der Waals surface area contributed by atoms with Gasteiger partial charge >= 0.3 is 12.4 Å². The van der Waals surface area contributed by atoms with E-state index in [2.05, 4.69) is 9.97 Å². The van der Waals surface area contributed by atoms with Crippen molar-refractivity contribution in [1.82, 2.24) is 9.97 Å². The molecule has 0 saturated carbocycles. The van der Waals surface area contributed by atoms with Crippen LogP contribution in [0.2, 0.25) is 0 Å². The van der Waals surface area contributed by atoms with Crippen LogP contribution < -0.4 is 5.73 Å². The second-order valence-electron chi connectivity index (χ2n) is 4.57. The highest BCUT2D eigenvalue weighted by atomic mass is 19.4. The maximum absolute atomic E-state index is 12.5. The number of fused-ring (bicyclic) bond motifs is 1. The van der Waals surface area contributed by atoms with Crippen molar-refractivity contribution in [3.8, 4) is 0 Å². The number of nitrogens with two attached hydrogens (primary N) is 1. The first-order valence-electron chi connectivity index (χ1n) is 5.55. The van der Waals surface area contributed by atoms with Gasteiger partial charge in [0.05, 0.1) is 5.69 Å². The van der Waals surface area contributed by atoms with Crippen molar-refractivity contribution < 1.29 is 26.3 Å². The van der Waals surface area contributed by atoms with Crippen molar-refractivity contribution >= 4 is 0 Å². The average Bonchev–Trinajstić information content (AvgIpc) is 2.54. The van der Waals surface area contributed by atoms with Crippen LogP contribution in [0, 0.1) is 0 Å². The molecule has 108 valence electrons. The number of H-pyrrole nitrogens is 1. The summed E-state index contributed by atoms with van der Waals surface area (Å²) in [5.74, 6) is -4.68. The van der Waals surface area contributed by atoms with E-state index in [1.165, 1.54) is 0 Å². The smallest absolute Gasteiger partial charge is 0.345 e. The molecule has 9 heteroatoms. The van der Waals surface area contributed by atoms with Gasteiger partial charge in [0.15, 0.2) is 0 Å². The summed E-state index contributed by atoms with van der Waals surface area (Å²) in [7, 11) is 0. The highest BCUT2D eigenvalue weighted by Gasteiger charge is 2.59. The predicted octanol–water partition coefficient (Wildman–Crippen LogP) is 2.43. The number of aromatic amines is 1. The number of rotatable bonds is 1. The van der Waals surface area contributed by atoms with Crippen LogP contribution in [0.3, 0.4) is 0 Å². The van der Waals surface area contributed by atoms with Gasteiger partial charge in [0.1, 0.15) is 5.82 Å². The van der Waals surface area contributed by atoms with Gasteiger partial charge in [-0.2, -0.15) is 26.3 Å². The molecule has 1 aliphatic rings. The summed E-state index contributed by atoms with van der Waals surface area (Å²) in [6.07, 6.45) is -9.86. The van der Waals surface area contributed by atoms with Crippen molar-refractivity contribution in [2.75, 3.05) is 0 Å². The molecule has 0 radical (unpaired) electrons. The Labute approximate surface area is 104 Å². The molecular formula is C10H11F6N3. The van der Waals surface area contributed by atoms with Crippen LogP contribution in [-0.4, -0.2) is 28.4 Å². The van der Waals surface area contributed by atoms with Gasteiger partial charge < -0.3 is 10.7 Å². The lowest BCUT2D eigenvalue weighted by Crippen LogP contribution is -2.35. The van der Waals surface area contributed by atoms with Gasteiger partial charge in [-0.05, 0) is 12.8 Å². The standard InChI is InChI=1S/C10H11F6N3/c11-9(12,13)7(10(14,15)16)8-18-5-2-1-4(17)3-6(5)19-8/h4,7H,1-3,17H2,(H,18,19). The molecule has 1 aromatic rings. The number of hydrogen-bond acceptors (Lipinski definition) is 2. The van der Waals surface area contributed by atoms with Gasteiger partial charge in [-0.25, -0.2) is 4.98 Å². The van der Waals surface area contributed by atoms with Crippen molar-refractivity contribution in [3.63, 3.8) is 0 Å². The molecule has 0 saturated heterocycles. The fraction of sp³-hybridized carbons (Fsp3) is 0.700. The van der Waals surface area contributed by atoms with E-state index in [1.54, 1.807) is 0 Å². The second kappa shape index (κ2) is 4.39. The molecule has 1 aliphatic carbocycles. The summed E-state index contributed by atoms with van der Waals surface area (Å²) in [5, 5.41) is 0. The van der Waals surface area contributed by atoms with E-state index in [0.29, 0.717) is 6.42 Å². The third-order valence-electron chi connectivity index (χ3n) is 3.03. The minimum absolute atomic E-state index is 0.213. The number of aromatic nitrogens is 2. The van der Waals surface area contributed by atoms with E-state index in [4.69, 9.17) is 5.73 Å². The van der Waals surface area contributed by atoms with Crippen molar-refractivity contribution in [2.24, 2.45) is 5.73 Å².